The predicted molar refractivity (Wildman–Crippen MR) is 83.9 cm³/mol. The van der Waals surface area contributed by atoms with Crippen LogP contribution in [0.5, 0.6) is 0 Å². The van der Waals surface area contributed by atoms with E-state index in [1.165, 1.54) is 27.7 Å². The first-order valence-corrected chi connectivity index (χ1v) is 8.13. The summed E-state index contributed by atoms with van der Waals surface area (Å²) < 4.78 is 16.5. The van der Waals surface area contributed by atoms with Crippen molar-refractivity contribution < 1.29 is 34.6 Å². The summed E-state index contributed by atoms with van der Waals surface area (Å²) in [5.41, 5.74) is -7.24. The molecule has 0 aromatic carbocycles. The Balaban J connectivity index is 2.80. The lowest BCUT2D eigenvalue weighted by Crippen LogP contribution is -2.81. The molecule has 5 atom stereocenters. The molecule has 1 rings (SSSR count). The number of hydrogen-bond donors (Lipinski definition) is 4. The second kappa shape index (κ2) is 7.31. The topological polar surface area (TPSA) is 109 Å². The van der Waals surface area contributed by atoms with Crippen LogP contribution in [0.2, 0.25) is 0 Å². The lowest BCUT2D eigenvalue weighted by atomic mass is 9.63. The minimum atomic E-state index is -1.97. The summed E-state index contributed by atoms with van der Waals surface area (Å²) in [6, 6.07) is 0. The van der Waals surface area contributed by atoms with Crippen LogP contribution in [0.3, 0.4) is 0 Å². The number of hydrogen-bond acceptors (Lipinski definition) is 7. The van der Waals surface area contributed by atoms with Crippen molar-refractivity contribution in [3.8, 4) is 0 Å². The minimum absolute atomic E-state index is 0.157. The second-order valence-corrected chi connectivity index (χ2v) is 6.97. The van der Waals surface area contributed by atoms with Crippen molar-refractivity contribution in [2.75, 3.05) is 26.4 Å². The van der Waals surface area contributed by atoms with Gasteiger partial charge >= 0.3 is 0 Å². The fourth-order valence-corrected chi connectivity index (χ4v) is 2.65. The molecule has 0 amide bonds. The molecule has 5 unspecified atom stereocenters. The van der Waals surface area contributed by atoms with Crippen LogP contribution in [0.25, 0.3) is 0 Å². The average Bonchev–Trinajstić information content (AvgIpc) is 2.47. The molecular formula is C16H32O7. The highest BCUT2D eigenvalue weighted by Crippen LogP contribution is 2.49. The van der Waals surface area contributed by atoms with Crippen molar-refractivity contribution in [1.82, 2.24) is 0 Å². The zero-order valence-corrected chi connectivity index (χ0v) is 14.8. The Hall–Kier alpha value is -0.280. The van der Waals surface area contributed by atoms with Crippen LogP contribution >= 0.6 is 0 Å². The lowest BCUT2D eigenvalue weighted by Gasteiger charge is -2.61. The highest BCUT2D eigenvalue weighted by atomic mass is 16.7. The Morgan fingerprint density at radius 1 is 0.957 bits per heavy atom. The molecule has 4 N–H and O–H groups in total. The van der Waals surface area contributed by atoms with Crippen LogP contribution in [-0.2, 0) is 14.2 Å². The molecule has 7 nitrogen and oxygen atoms in total. The van der Waals surface area contributed by atoms with Gasteiger partial charge in [-0.15, -0.1) is 0 Å². The molecule has 1 heterocycles. The number of aliphatic hydroxyl groups excluding tert-OH is 1. The van der Waals surface area contributed by atoms with Crippen LogP contribution in [-0.4, -0.2) is 75.5 Å². The van der Waals surface area contributed by atoms with Gasteiger partial charge in [-0.3, -0.25) is 0 Å². The van der Waals surface area contributed by atoms with Gasteiger partial charge in [0.1, 0.15) is 22.4 Å². The Morgan fingerprint density at radius 3 is 2.09 bits per heavy atom. The van der Waals surface area contributed by atoms with Gasteiger partial charge < -0.3 is 34.6 Å². The van der Waals surface area contributed by atoms with Crippen molar-refractivity contribution in [3.63, 3.8) is 0 Å². The van der Waals surface area contributed by atoms with Gasteiger partial charge in [-0.25, -0.2) is 0 Å². The molecular weight excluding hydrogens is 304 g/mol. The fourth-order valence-electron chi connectivity index (χ4n) is 2.65. The Bertz CT molecular complexity index is 381. The highest BCUT2D eigenvalue weighted by molar-refractivity contribution is 5.18. The molecule has 0 saturated carbocycles. The number of unbranched alkanes of at least 4 members (excludes halogenated alkanes) is 1. The van der Waals surface area contributed by atoms with Gasteiger partial charge in [0.05, 0.1) is 19.8 Å². The molecule has 0 aromatic rings. The van der Waals surface area contributed by atoms with Crippen LogP contribution in [0, 0.1) is 0 Å². The van der Waals surface area contributed by atoms with E-state index in [2.05, 4.69) is 6.92 Å². The van der Waals surface area contributed by atoms with E-state index in [4.69, 9.17) is 14.2 Å². The van der Waals surface area contributed by atoms with Crippen molar-refractivity contribution in [2.45, 2.75) is 76.2 Å². The first-order chi connectivity index (χ1) is 10.5. The Morgan fingerprint density at radius 2 is 1.57 bits per heavy atom. The maximum absolute atomic E-state index is 10.7. The van der Waals surface area contributed by atoms with E-state index in [9.17, 15) is 20.4 Å². The van der Waals surface area contributed by atoms with Crippen LogP contribution < -0.4 is 0 Å². The summed E-state index contributed by atoms with van der Waals surface area (Å²) in [4.78, 5) is 0. The van der Waals surface area contributed by atoms with E-state index in [1.54, 1.807) is 0 Å². The third-order valence-electron chi connectivity index (χ3n) is 5.23. The monoisotopic (exact) mass is 336 g/mol. The summed E-state index contributed by atoms with van der Waals surface area (Å²) in [6.45, 7) is 8.05. The summed E-state index contributed by atoms with van der Waals surface area (Å²) in [5.74, 6) is 0. The molecule has 0 aromatic heterocycles. The van der Waals surface area contributed by atoms with Gasteiger partial charge in [0.2, 0.25) is 0 Å². The first-order valence-electron chi connectivity index (χ1n) is 8.13. The van der Waals surface area contributed by atoms with Crippen LogP contribution in [0.4, 0.5) is 0 Å². The molecule has 138 valence electrons. The standard InChI is InChI=1S/C16H32O7/c1-6-7-8-21-9-10-22-12-14(3,18)16(5,20)15(4,19)13(2,11-17)23-12/h12,17-20H,6-11H2,1-5H3. The van der Waals surface area contributed by atoms with Gasteiger partial charge in [-0.1, -0.05) is 13.3 Å². The molecule has 0 bridgehead atoms. The maximum atomic E-state index is 10.7. The smallest absolute Gasteiger partial charge is 0.189 e. The number of rotatable bonds is 8. The van der Waals surface area contributed by atoms with Gasteiger partial charge in [-0.05, 0) is 34.1 Å². The normalized spacial score (nSPS) is 44.5. The average molecular weight is 336 g/mol. The zero-order chi connectivity index (χ0) is 17.9. The third kappa shape index (κ3) is 3.56. The van der Waals surface area contributed by atoms with E-state index < -0.39 is 35.3 Å². The maximum Gasteiger partial charge on any atom is 0.189 e. The Labute approximate surface area is 138 Å². The van der Waals surface area contributed by atoms with E-state index in [0.29, 0.717) is 13.2 Å². The van der Waals surface area contributed by atoms with Gasteiger partial charge in [0, 0.05) is 6.61 Å². The minimum Gasteiger partial charge on any atom is -0.393 e. The molecule has 1 fully saturated rings. The second-order valence-electron chi connectivity index (χ2n) is 6.97. The van der Waals surface area contributed by atoms with E-state index in [-0.39, 0.29) is 6.61 Å². The molecule has 0 aliphatic carbocycles. The quantitative estimate of drug-likeness (QED) is 0.468. The van der Waals surface area contributed by atoms with Gasteiger partial charge in [0.25, 0.3) is 0 Å². The third-order valence-corrected chi connectivity index (χ3v) is 5.23. The predicted octanol–water partition coefficient (Wildman–Crippen LogP) is 0.180. The van der Waals surface area contributed by atoms with Crippen molar-refractivity contribution in [2.24, 2.45) is 0 Å². The van der Waals surface area contributed by atoms with Crippen LogP contribution in [0.15, 0.2) is 0 Å². The van der Waals surface area contributed by atoms with E-state index in [1.807, 2.05) is 0 Å². The summed E-state index contributed by atoms with van der Waals surface area (Å²) in [5, 5.41) is 41.7. The van der Waals surface area contributed by atoms with Crippen molar-refractivity contribution in [1.29, 1.82) is 0 Å². The summed E-state index contributed by atoms with van der Waals surface area (Å²) in [6.07, 6.45) is 0.774. The fraction of sp³-hybridized carbons (Fsp3) is 1.00. The molecule has 7 heteroatoms. The summed E-state index contributed by atoms with van der Waals surface area (Å²) in [7, 11) is 0. The molecule has 0 radical (unpaired) electrons. The van der Waals surface area contributed by atoms with E-state index in [0.717, 1.165) is 12.8 Å². The van der Waals surface area contributed by atoms with Crippen molar-refractivity contribution in [3.05, 3.63) is 0 Å². The first kappa shape index (κ1) is 20.8. The summed E-state index contributed by atoms with van der Waals surface area (Å²) >= 11 is 0. The highest BCUT2D eigenvalue weighted by Gasteiger charge is 2.70. The zero-order valence-electron chi connectivity index (χ0n) is 14.8. The molecule has 23 heavy (non-hydrogen) atoms. The largest absolute Gasteiger partial charge is 0.393 e. The molecule has 0 spiro atoms. The SMILES string of the molecule is CCCCOCCOC1OC(C)(CO)C(C)(O)C(C)(O)C1(C)O. The molecule has 1 aliphatic heterocycles. The molecule has 1 aliphatic rings. The van der Waals surface area contributed by atoms with E-state index >= 15 is 0 Å². The van der Waals surface area contributed by atoms with Gasteiger partial charge in [-0.2, -0.15) is 0 Å². The van der Waals surface area contributed by atoms with Gasteiger partial charge in [0.15, 0.2) is 6.29 Å². The molecule has 1 saturated heterocycles. The number of aliphatic hydroxyl groups is 4. The Kier molecular flexibility index (Phi) is 6.60. The number of ether oxygens (including phenoxy) is 3. The van der Waals surface area contributed by atoms with Crippen LogP contribution in [0.1, 0.15) is 47.5 Å². The van der Waals surface area contributed by atoms with Crippen molar-refractivity contribution >= 4 is 0 Å². The lowest BCUT2D eigenvalue weighted by molar-refractivity contribution is -0.417.